The van der Waals surface area contributed by atoms with Gasteiger partial charge in [0.2, 0.25) is 0 Å². The minimum absolute atomic E-state index is 0.168. The summed E-state index contributed by atoms with van der Waals surface area (Å²) in [6.07, 6.45) is 1.34. The first-order chi connectivity index (χ1) is 12.2. The molecule has 3 aromatic rings. The molecule has 1 atom stereocenters. The van der Waals surface area contributed by atoms with E-state index >= 15 is 0 Å². The number of hydrogen-bond donors (Lipinski definition) is 1. The van der Waals surface area contributed by atoms with Crippen LogP contribution in [0.1, 0.15) is 30.3 Å². The van der Waals surface area contributed by atoms with E-state index < -0.39 is 0 Å². The van der Waals surface area contributed by atoms with Gasteiger partial charge in [0.1, 0.15) is 18.2 Å². The van der Waals surface area contributed by atoms with Gasteiger partial charge in [0.15, 0.2) is 0 Å². The second kappa shape index (κ2) is 6.55. The van der Waals surface area contributed by atoms with Crippen molar-refractivity contribution in [1.82, 2.24) is 14.9 Å². The Bertz CT molecular complexity index is 894. The Morgan fingerprint density at radius 2 is 2.12 bits per heavy atom. The van der Waals surface area contributed by atoms with E-state index in [2.05, 4.69) is 9.97 Å². The molecule has 1 fully saturated rings. The number of imidazole rings is 1. The fourth-order valence-corrected chi connectivity index (χ4v) is 3.23. The highest BCUT2D eigenvalue weighted by Crippen LogP contribution is 2.32. The van der Waals surface area contributed by atoms with Gasteiger partial charge in [0, 0.05) is 6.54 Å². The van der Waals surface area contributed by atoms with E-state index in [0.29, 0.717) is 23.4 Å². The summed E-state index contributed by atoms with van der Waals surface area (Å²) in [5.74, 6) is 0.364. The number of halogens is 1. The van der Waals surface area contributed by atoms with Crippen molar-refractivity contribution in [1.29, 1.82) is 0 Å². The number of H-pyrrole nitrogens is 1. The van der Waals surface area contributed by atoms with Gasteiger partial charge < -0.3 is 9.72 Å². The molecule has 4 rings (SSSR count). The molecule has 0 radical (unpaired) electrons. The van der Waals surface area contributed by atoms with Crippen LogP contribution in [0.5, 0.6) is 0 Å². The smallest absolute Gasteiger partial charge is 0.410 e. The van der Waals surface area contributed by atoms with Crippen LogP contribution in [-0.4, -0.2) is 27.5 Å². The molecular weight excluding hydrogens is 321 g/mol. The Morgan fingerprint density at radius 3 is 2.96 bits per heavy atom. The summed E-state index contributed by atoms with van der Waals surface area (Å²) in [6, 6.07) is 13.9. The fourth-order valence-electron chi connectivity index (χ4n) is 3.23. The molecule has 5 nitrogen and oxygen atoms in total. The number of rotatable bonds is 3. The molecule has 0 aliphatic carbocycles. The predicted octanol–water partition coefficient (Wildman–Crippen LogP) is 4.18. The molecule has 1 N–H and O–H groups in total. The van der Waals surface area contributed by atoms with Crippen molar-refractivity contribution >= 4 is 17.1 Å². The van der Waals surface area contributed by atoms with Gasteiger partial charge in [-0.05, 0) is 36.6 Å². The minimum atomic E-state index is -0.349. The van der Waals surface area contributed by atoms with Crippen LogP contribution in [0.2, 0.25) is 0 Å². The highest BCUT2D eigenvalue weighted by molar-refractivity contribution is 5.75. The van der Waals surface area contributed by atoms with E-state index in [1.807, 2.05) is 30.3 Å². The van der Waals surface area contributed by atoms with Crippen molar-refractivity contribution in [3.05, 3.63) is 65.7 Å². The van der Waals surface area contributed by atoms with Gasteiger partial charge in [-0.2, -0.15) is 0 Å². The first-order valence-electron chi connectivity index (χ1n) is 8.33. The molecule has 0 bridgehead atoms. The number of ether oxygens (including phenoxy) is 1. The number of amides is 1. The van der Waals surface area contributed by atoms with Crippen LogP contribution >= 0.6 is 0 Å². The number of likely N-dealkylation sites (tertiary alicyclic amines) is 1. The lowest BCUT2D eigenvalue weighted by molar-refractivity contribution is 0.0910. The van der Waals surface area contributed by atoms with Crippen molar-refractivity contribution < 1.29 is 13.9 Å². The van der Waals surface area contributed by atoms with Crippen LogP contribution < -0.4 is 0 Å². The third-order valence-electron chi connectivity index (χ3n) is 4.47. The summed E-state index contributed by atoms with van der Waals surface area (Å²) in [6.45, 7) is 0.873. The molecule has 6 heteroatoms. The number of fused-ring (bicyclic) bond motifs is 1. The fraction of sp³-hybridized carbons (Fsp3) is 0.263. The summed E-state index contributed by atoms with van der Waals surface area (Å²) in [7, 11) is 0. The van der Waals surface area contributed by atoms with Crippen LogP contribution in [-0.2, 0) is 11.3 Å². The molecular formula is C19H18FN3O2. The van der Waals surface area contributed by atoms with Crippen LogP contribution in [0.15, 0.2) is 48.5 Å². The second-order valence-electron chi connectivity index (χ2n) is 6.18. The summed E-state index contributed by atoms with van der Waals surface area (Å²) < 4.78 is 18.8. The average Bonchev–Trinajstić information content (AvgIpc) is 3.26. The lowest BCUT2D eigenvalue weighted by Crippen LogP contribution is -2.31. The Hall–Kier alpha value is -2.89. The maximum absolute atomic E-state index is 13.4. The molecule has 2 heterocycles. The number of aromatic amines is 1. The van der Waals surface area contributed by atoms with Crippen LogP contribution in [0.4, 0.5) is 9.18 Å². The predicted molar refractivity (Wildman–Crippen MR) is 91.4 cm³/mol. The standard InChI is InChI=1S/C19H18FN3O2/c20-14-8-9-15-16(11-14)22-18(21-15)17-7-4-10-23(17)19(24)25-12-13-5-2-1-3-6-13/h1-3,5-6,8-9,11,17H,4,7,10,12H2,(H,21,22). The molecule has 1 saturated heterocycles. The molecule has 25 heavy (non-hydrogen) atoms. The SMILES string of the molecule is O=C(OCc1ccccc1)N1CCCC1c1nc2ccc(F)cc2[nH]1. The van der Waals surface area contributed by atoms with Crippen molar-refractivity contribution in [2.75, 3.05) is 6.54 Å². The lowest BCUT2D eigenvalue weighted by atomic mass is 10.2. The van der Waals surface area contributed by atoms with Gasteiger partial charge in [-0.25, -0.2) is 14.2 Å². The highest BCUT2D eigenvalue weighted by atomic mass is 19.1. The van der Waals surface area contributed by atoms with E-state index in [-0.39, 0.29) is 24.6 Å². The van der Waals surface area contributed by atoms with Crippen LogP contribution in [0.25, 0.3) is 11.0 Å². The van der Waals surface area contributed by atoms with Gasteiger partial charge in [0.25, 0.3) is 0 Å². The van der Waals surface area contributed by atoms with E-state index in [4.69, 9.17) is 4.74 Å². The molecule has 1 aromatic heterocycles. The summed E-state index contributed by atoms with van der Waals surface area (Å²) >= 11 is 0. The number of carbonyl (C=O) groups is 1. The molecule has 0 saturated carbocycles. The monoisotopic (exact) mass is 339 g/mol. The van der Waals surface area contributed by atoms with E-state index in [1.54, 1.807) is 11.0 Å². The zero-order valence-corrected chi connectivity index (χ0v) is 13.6. The maximum Gasteiger partial charge on any atom is 0.410 e. The zero-order valence-electron chi connectivity index (χ0n) is 13.6. The minimum Gasteiger partial charge on any atom is -0.445 e. The maximum atomic E-state index is 13.4. The Labute approximate surface area is 144 Å². The van der Waals surface area contributed by atoms with Gasteiger partial charge >= 0.3 is 6.09 Å². The first kappa shape index (κ1) is 15.6. The third-order valence-corrected chi connectivity index (χ3v) is 4.47. The van der Waals surface area contributed by atoms with E-state index in [0.717, 1.165) is 18.4 Å². The molecule has 128 valence electrons. The average molecular weight is 339 g/mol. The van der Waals surface area contributed by atoms with Crippen LogP contribution in [0.3, 0.4) is 0 Å². The Balaban J connectivity index is 1.50. The van der Waals surface area contributed by atoms with Crippen molar-refractivity contribution in [3.8, 4) is 0 Å². The Kier molecular flexibility index (Phi) is 4.09. The molecule has 2 aromatic carbocycles. The first-order valence-corrected chi connectivity index (χ1v) is 8.33. The normalized spacial score (nSPS) is 17.2. The lowest BCUT2D eigenvalue weighted by Gasteiger charge is -2.22. The van der Waals surface area contributed by atoms with E-state index in [9.17, 15) is 9.18 Å². The number of aromatic nitrogens is 2. The number of nitrogens with one attached hydrogen (secondary N) is 1. The van der Waals surface area contributed by atoms with Gasteiger partial charge in [-0.1, -0.05) is 30.3 Å². The van der Waals surface area contributed by atoms with Crippen LogP contribution in [0, 0.1) is 5.82 Å². The molecule has 0 spiro atoms. The number of carbonyl (C=O) groups excluding carboxylic acids is 1. The van der Waals surface area contributed by atoms with Crippen molar-refractivity contribution in [2.45, 2.75) is 25.5 Å². The number of benzene rings is 2. The molecule has 1 aliphatic heterocycles. The van der Waals surface area contributed by atoms with Gasteiger partial charge in [0.05, 0.1) is 17.1 Å². The highest BCUT2D eigenvalue weighted by Gasteiger charge is 2.33. The topological polar surface area (TPSA) is 58.2 Å². The second-order valence-corrected chi connectivity index (χ2v) is 6.18. The molecule has 1 amide bonds. The number of hydrogen-bond acceptors (Lipinski definition) is 3. The Morgan fingerprint density at radius 1 is 1.28 bits per heavy atom. The number of nitrogens with zero attached hydrogens (tertiary/aromatic N) is 2. The van der Waals surface area contributed by atoms with Gasteiger partial charge in [-0.15, -0.1) is 0 Å². The molecule has 1 unspecified atom stereocenters. The van der Waals surface area contributed by atoms with Crippen molar-refractivity contribution in [2.24, 2.45) is 0 Å². The third kappa shape index (κ3) is 3.20. The van der Waals surface area contributed by atoms with Gasteiger partial charge in [-0.3, -0.25) is 4.90 Å². The summed E-state index contributed by atoms with van der Waals surface area (Å²) in [5, 5.41) is 0. The molecule has 1 aliphatic rings. The van der Waals surface area contributed by atoms with E-state index in [1.165, 1.54) is 12.1 Å². The summed E-state index contributed by atoms with van der Waals surface area (Å²) in [4.78, 5) is 21.8. The summed E-state index contributed by atoms with van der Waals surface area (Å²) in [5.41, 5.74) is 2.28. The van der Waals surface area contributed by atoms with Crippen molar-refractivity contribution in [3.63, 3.8) is 0 Å². The quantitative estimate of drug-likeness (QED) is 0.779. The zero-order chi connectivity index (χ0) is 17.2. The largest absolute Gasteiger partial charge is 0.445 e.